The second-order valence-corrected chi connectivity index (χ2v) is 14.0. The van der Waals surface area contributed by atoms with Crippen molar-refractivity contribution in [2.45, 2.75) is 48.5 Å². The zero-order chi connectivity index (χ0) is 35.3. The van der Waals surface area contributed by atoms with Gasteiger partial charge >= 0.3 is 0 Å². The van der Waals surface area contributed by atoms with Gasteiger partial charge in [0.1, 0.15) is 11.5 Å². The van der Waals surface area contributed by atoms with Crippen molar-refractivity contribution >= 4 is 103 Å². The molecule has 2 radical (unpaired) electrons. The number of aromatic amines is 2. The molecule has 0 aliphatic heterocycles. The summed E-state index contributed by atoms with van der Waals surface area (Å²) in [6, 6.07) is 18.9. The number of benzene rings is 2. The summed E-state index contributed by atoms with van der Waals surface area (Å²) in [7, 11) is 0.741. The van der Waals surface area contributed by atoms with Crippen molar-refractivity contribution in [1.82, 2.24) is 29.9 Å². The quantitative estimate of drug-likeness (QED) is 0.0991. The van der Waals surface area contributed by atoms with Crippen LogP contribution < -0.4 is 9.47 Å². The molecule has 0 amide bonds. The third kappa shape index (κ3) is 12.3. The van der Waals surface area contributed by atoms with E-state index < -0.39 is 21.6 Å². The molecule has 4 heterocycles. The summed E-state index contributed by atoms with van der Waals surface area (Å²) in [5.74, 6) is 2.12. The van der Waals surface area contributed by atoms with Crippen molar-refractivity contribution in [3.05, 3.63) is 95.6 Å². The molecule has 2 atom stereocenters. The van der Waals surface area contributed by atoms with Crippen molar-refractivity contribution < 1.29 is 27.4 Å². The Hall–Kier alpha value is -2.50. The van der Waals surface area contributed by atoms with Gasteiger partial charge in [0.05, 0.1) is 79.8 Å². The van der Waals surface area contributed by atoms with Gasteiger partial charge in [-0.15, -0.1) is 0 Å². The average molecular weight is 765 g/mol. The molecule has 6 aromatic rings. The largest absolute Gasteiger partial charge is 0.493 e. The van der Waals surface area contributed by atoms with Crippen LogP contribution in [0.4, 0.5) is 0 Å². The maximum absolute atomic E-state index is 12.7. The van der Waals surface area contributed by atoms with Gasteiger partial charge in [0.2, 0.25) is 0 Å². The third-order valence-electron chi connectivity index (χ3n) is 7.72. The fourth-order valence-corrected chi connectivity index (χ4v) is 7.15. The average Bonchev–Trinajstić information content (AvgIpc) is 3.77. The molecular weight excluding hydrogens is 723 g/mol. The molecule has 2 aromatic carbocycles. The van der Waals surface area contributed by atoms with Gasteiger partial charge in [0.25, 0.3) is 0 Å². The molecule has 0 spiro atoms. The Morgan fingerprint density at radius 1 is 0.596 bits per heavy atom. The number of ether oxygens (including phenoxy) is 4. The molecule has 12 nitrogen and oxygen atoms in total. The Bertz CT molecular complexity index is 1850. The molecule has 52 heavy (non-hydrogen) atoms. The number of fused-ring (bicyclic) bond motifs is 2. The predicted octanol–water partition coefficient (Wildman–Crippen LogP) is 5.22. The fraction of sp³-hybridized carbons (Fsp3) is 0.333. The van der Waals surface area contributed by atoms with Gasteiger partial charge < -0.3 is 28.9 Å². The first-order valence-electron chi connectivity index (χ1n) is 16.2. The zero-order valence-corrected chi connectivity index (χ0v) is 36.3. The Labute approximate surface area is 353 Å². The minimum absolute atomic E-state index is 0. The van der Waals surface area contributed by atoms with Crippen LogP contribution in [-0.2, 0) is 42.6 Å². The van der Waals surface area contributed by atoms with E-state index in [0.29, 0.717) is 48.2 Å². The number of H-pyrrole nitrogens is 2. The summed E-state index contributed by atoms with van der Waals surface area (Å²) in [5, 5.41) is 0.933. The molecule has 0 aliphatic rings. The summed E-state index contributed by atoms with van der Waals surface area (Å²) in [6.07, 6.45) is 5.00. The standard InChI is InChI=1S/2C18H21N3O3S.2Na/c2*1-13-16(19-9-8-17(13)24-11-5-10-23-2)12-25(22)18-20-14-6-3-4-7-15(14)21-18;;/h2*3-4,6-9H,5,10-12H2,1-2H3,(H,20,21);;. The van der Waals surface area contributed by atoms with Gasteiger partial charge in [-0.3, -0.25) is 18.4 Å². The summed E-state index contributed by atoms with van der Waals surface area (Å²) < 4.78 is 46.9. The molecule has 0 aliphatic carbocycles. The Morgan fingerprint density at radius 2 is 1.00 bits per heavy atom. The summed E-state index contributed by atoms with van der Waals surface area (Å²) in [4.78, 5) is 23.8. The van der Waals surface area contributed by atoms with Crippen LogP contribution in [0.25, 0.3) is 22.1 Å². The predicted molar refractivity (Wildman–Crippen MR) is 206 cm³/mol. The normalized spacial score (nSPS) is 11.9. The molecule has 2 N–H and O–H groups in total. The van der Waals surface area contributed by atoms with E-state index >= 15 is 0 Å². The van der Waals surface area contributed by atoms with E-state index in [-0.39, 0.29) is 59.1 Å². The van der Waals surface area contributed by atoms with Crippen LogP contribution in [0.2, 0.25) is 0 Å². The summed E-state index contributed by atoms with van der Waals surface area (Å²) in [5.41, 5.74) is 6.70. The van der Waals surface area contributed by atoms with E-state index in [1.165, 1.54) is 0 Å². The van der Waals surface area contributed by atoms with Crippen LogP contribution in [0.3, 0.4) is 0 Å². The van der Waals surface area contributed by atoms with Crippen LogP contribution >= 0.6 is 0 Å². The van der Waals surface area contributed by atoms with Crippen LogP contribution in [0.5, 0.6) is 11.5 Å². The van der Waals surface area contributed by atoms with Crippen molar-refractivity contribution in [2.75, 3.05) is 40.6 Å². The van der Waals surface area contributed by atoms with E-state index in [2.05, 4.69) is 29.9 Å². The molecule has 6 rings (SSSR count). The molecule has 16 heteroatoms. The number of rotatable bonds is 16. The number of hydrogen-bond donors (Lipinski definition) is 2. The maximum atomic E-state index is 12.7. The van der Waals surface area contributed by atoms with Gasteiger partial charge in [-0.1, -0.05) is 24.3 Å². The van der Waals surface area contributed by atoms with Crippen LogP contribution in [0.15, 0.2) is 83.4 Å². The van der Waals surface area contributed by atoms with Crippen molar-refractivity contribution in [2.24, 2.45) is 0 Å². The van der Waals surface area contributed by atoms with Gasteiger partial charge in [-0.05, 0) is 50.2 Å². The fourth-order valence-electron chi connectivity index (χ4n) is 4.95. The van der Waals surface area contributed by atoms with Crippen molar-refractivity contribution in [3.8, 4) is 11.5 Å². The molecule has 0 bridgehead atoms. The molecule has 266 valence electrons. The number of aromatic nitrogens is 6. The SMILES string of the molecule is COCCCOc1ccnc(CS(=O)c2nc3ccccc3[nH]2)c1C.COCCCOc1ccnc(CS(=O)c2nc3ccccc3[nH]2)c1C.[Na].[Na]. The van der Waals surface area contributed by atoms with Gasteiger partial charge in [0, 0.05) is 123 Å². The van der Waals surface area contributed by atoms with E-state index in [1.807, 2.05) is 74.5 Å². The Balaban J connectivity index is 0.000000270. The maximum Gasteiger partial charge on any atom is 0.197 e. The first-order chi connectivity index (χ1) is 24.4. The van der Waals surface area contributed by atoms with Gasteiger partial charge in [-0.2, -0.15) is 0 Å². The molecule has 0 fully saturated rings. The van der Waals surface area contributed by atoms with Crippen molar-refractivity contribution in [1.29, 1.82) is 0 Å². The summed E-state index contributed by atoms with van der Waals surface area (Å²) >= 11 is 0. The van der Waals surface area contributed by atoms with E-state index in [4.69, 9.17) is 18.9 Å². The molecule has 0 saturated heterocycles. The van der Waals surface area contributed by atoms with Gasteiger partial charge in [0.15, 0.2) is 10.3 Å². The Morgan fingerprint density at radius 3 is 1.38 bits per heavy atom. The number of para-hydroxylation sites is 4. The van der Waals surface area contributed by atoms with Crippen molar-refractivity contribution in [3.63, 3.8) is 0 Å². The first-order valence-corrected chi connectivity index (χ1v) is 18.8. The number of imidazole rings is 2. The monoisotopic (exact) mass is 764 g/mol. The summed E-state index contributed by atoms with van der Waals surface area (Å²) in [6.45, 7) is 6.34. The third-order valence-corrected chi connectivity index (χ3v) is 10.0. The second-order valence-electron chi connectivity index (χ2n) is 11.2. The molecular formula is C36H42N6Na2O6S2. The van der Waals surface area contributed by atoms with Crippen LogP contribution in [-0.4, -0.2) is 138 Å². The van der Waals surface area contributed by atoms with Gasteiger partial charge in [-0.25, -0.2) is 9.97 Å². The van der Waals surface area contributed by atoms with Crippen LogP contribution in [0.1, 0.15) is 35.4 Å². The minimum Gasteiger partial charge on any atom is -0.493 e. The first kappa shape index (κ1) is 43.9. The molecule has 0 saturated carbocycles. The van der Waals surface area contributed by atoms with E-state index in [0.717, 1.165) is 68.9 Å². The topological polar surface area (TPSA) is 154 Å². The number of nitrogens with one attached hydrogen (secondary N) is 2. The van der Waals surface area contributed by atoms with E-state index in [1.54, 1.807) is 26.6 Å². The Kier molecular flexibility index (Phi) is 19.1. The smallest absolute Gasteiger partial charge is 0.197 e. The molecule has 2 unspecified atom stereocenters. The zero-order valence-electron chi connectivity index (χ0n) is 30.6. The second kappa shape index (κ2) is 22.7. The van der Waals surface area contributed by atoms with E-state index in [9.17, 15) is 8.42 Å². The number of hydrogen-bond acceptors (Lipinski definition) is 10. The van der Waals surface area contributed by atoms with Crippen LogP contribution in [0, 0.1) is 13.8 Å². The number of nitrogens with zero attached hydrogens (tertiary/aromatic N) is 4. The molecule has 4 aromatic heterocycles. The number of methoxy groups -OCH3 is 2. The minimum atomic E-state index is -1.30. The number of pyridine rings is 2.